The normalized spacial score (nSPS) is 16.7. The molecule has 3 N–H and O–H groups in total. The van der Waals surface area contributed by atoms with E-state index in [1.807, 2.05) is 39.0 Å². The van der Waals surface area contributed by atoms with Crippen LogP contribution in [0.4, 0.5) is 14.9 Å². The van der Waals surface area contributed by atoms with E-state index in [0.29, 0.717) is 22.4 Å². The van der Waals surface area contributed by atoms with Crippen LogP contribution in [0.25, 0.3) is 0 Å². The summed E-state index contributed by atoms with van der Waals surface area (Å²) in [6.45, 7) is 9.16. The van der Waals surface area contributed by atoms with Crippen LogP contribution >= 0.6 is 0 Å². The van der Waals surface area contributed by atoms with E-state index < -0.39 is 34.7 Å². The van der Waals surface area contributed by atoms with E-state index in [9.17, 15) is 19.5 Å². The van der Waals surface area contributed by atoms with Crippen molar-refractivity contribution in [1.29, 1.82) is 0 Å². The quantitative estimate of drug-likeness (QED) is 0.259. The highest BCUT2D eigenvalue weighted by atomic mass is 19.1. The van der Waals surface area contributed by atoms with Gasteiger partial charge in [0.25, 0.3) is 0 Å². The van der Waals surface area contributed by atoms with Gasteiger partial charge < -0.3 is 25.4 Å². The Morgan fingerprint density at radius 2 is 1.81 bits per heavy atom. The van der Waals surface area contributed by atoms with Crippen LogP contribution in [0.1, 0.15) is 71.4 Å². The molecule has 0 bridgehead atoms. The molecule has 0 fully saturated rings. The highest BCUT2D eigenvalue weighted by molar-refractivity contribution is 6.07. The standard InChI is InChI=1S/C34H40FN3O5/c1-7-38(32(42)36-18-23-12-14-24(15-13-23)30(40)43-6)29(25-10-8-9-22(3)28(25)35)34(19-33(4,5)20-39)26-16-11-21(2)17-27(26)37-31(34)41/h8-17,29,39H,7,18-20H2,1-6H3,(H,36,42)(H,37,41)/t29?,34-/m0/s1. The van der Waals surface area contributed by atoms with Gasteiger partial charge in [-0.3, -0.25) is 4.79 Å². The monoisotopic (exact) mass is 589 g/mol. The number of benzene rings is 3. The number of hydrogen-bond acceptors (Lipinski definition) is 5. The van der Waals surface area contributed by atoms with Crippen LogP contribution < -0.4 is 10.6 Å². The number of nitrogens with one attached hydrogen (secondary N) is 2. The van der Waals surface area contributed by atoms with Crippen LogP contribution in [0.2, 0.25) is 0 Å². The maximum absolute atomic E-state index is 16.1. The highest BCUT2D eigenvalue weighted by Crippen LogP contribution is 2.54. The van der Waals surface area contributed by atoms with Gasteiger partial charge in [0.05, 0.1) is 18.7 Å². The molecule has 3 aromatic carbocycles. The average molecular weight is 590 g/mol. The summed E-state index contributed by atoms with van der Waals surface area (Å²) in [6, 6.07) is 15.8. The van der Waals surface area contributed by atoms with Crippen molar-refractivity contribution in [2.24, 2.45) is 5.41 Å². The van der Waals surface area contributed by atoms with Crippen LogP contribution in [-0.4, -0.2) is 48.2 Å². The van der Waals surface area contributed by atoms with E-state index in [2.05, 4.69) is 10.6 Å². The van der Waals surface area contributed by atoms with E-state index in [4.69, 9.17) is 4.74 Å². The first kappa shape index (κ1) is 31.7. The summed E-state index contributed by atoms with van der Waals surface area (Å²) >= 11 is 0. The van der Waals surface area contributed by atoms with Crippen molar-refractivity contribution in [3.05, 3.63) is 99.9 Å². The minimum atomic E-state index is -1.42. The number of anilines is 1. The van der Waals surface area contributed by atoms with Gasteiger partial charge in [0.15, 0.2) is 0 Å². The summed E-state index contributed by atoms with van der Waals surface area (Å²) in [5, 5.41) is 16.3. The second kappa shape index (κ2) is 12.6. The number of nitrogens with zero attached hydrogens (tertiary/aromatic N) is 1. The molecule has 0 aromatic heterocycles. The number of amides is 3. The first-order valence-electron chi connectivity index (χ1n) is 14.4. The first-order valence-corrected chi connectivity index (χ1v) is 14.4. The van der Waals surface area contributed by atoms with Crippen molar-refractivity contribution in [2.75, 3.05) is 25.6 Å². The fourth-order valence-corrected chi connectivity index (χ4v) is 6.04. The Bertz CT molecular complexity index is 1520. The number of hydrogen-bond donors (Lipinski definition) is 3. The second-order valence-corrected chi connectivity index (χ2v) is 12.0. The lowest BCUT2D eigenvalue weighted by atomic mass is 9.63. The van der Waals surface area contributed by atoms with Gasteiger partial charge >= 0.3 is 12.0 Å². The number of esters is 1. The molecule has 0 saturated heterocycles. The molecular weight excluding hydrogens is 549 g/mol. The third-order valence-electron chi connectivity index (χ3n) is 8.21. The molecule has 228 valence electrons. The molecule has 1 aliphatic rings. The zero-order valence-corrected chi connectivity index (χ0v) is 25.6. The Morgan fingerprint density at radius 1 is 1.12 bits per heavy atom. The molecule has 0 radical (unpaired) electrons. The van der Waals surface area contributed by atoms with Crippen molar-refractivity contribution in [1.82, 2.24) is 10.2 Å². The van der Waals surface area contributed by atoms with Crippen molar-refractivity contribution in [3.8, 4) is 0 Å². The predicted molar refractivity (Wildman–Crippen MR) is 163 cm³/mol. The Kier molecular flexibility index (Phi) is 9.25. The van der Waals surface area contributed by atoms with Gasteiger partial charge in [-0.2, -0.15) is 0 Å². The predicted octanol–water partition coefficient (Wildman–Crippen LogP) is 5.80. The van der Waals surface area contributed by atoms with Gasteiger partial charge in [-0.15, -0.1) is 0 Å². The maximum Gasteiger partial charge on any atom is 0.337 e. The van der Waals surface area contributed by atoms with Gasteiger partial charge in [-0.05, 0) is 73.1 Å². The summed E-state index contributed by atoms with van der Waals surface area (Å²) in [4.78, 5) is 41.6. The minimum Gasteiger partial charge on any atom is -0.465 e. The van der Waals surface area contributed by atoms with Crippen molar-refractivity contribution in [2.45, 2.75) is 59.0 Å². The zero-order chi connectivity index (χ0) is 31.5. The topological polar surface area (TPSA) is 108 Å². The van der Waals surface area contributed by atoms with Crippen LogP contribution in [0.3, 0.4) is 0 Å². The summed E-state index contributed by atoms with van der Waals surface area (Å²) < 4.78 is 20.9. The number of rotatable bonds is 10. The Balaban J connectivity index is 1.85. The number of ether oxygens (including phenoxy) is 1. The number of likely N-dealkylation sites (N-methyl/N-ethyl adjacent to an activating group) is 1. The van der Waals surface area contributed by atoms with Gasteiger partial charge in [0, 0.05) is 30.9 Å². The number of halogens is 1. The molecule has 0 saturated carbocycles. The van der Waals surface area contributed by atoms with Gasteiger partial charge in [-0.1, -0.05) is 56.3 Å². The molecule has 1 unspecified atom stereocenters. The minimum absolute atomic E-state index is 0.136. The second-order valence-electron chi connectivity index (χ2n) is 12.0. The smallest absolute Gasteiger partial charge is 0.337 e. The average Bonchev–Trinajstić information content (AvgIpc) is 3.25. The van der Waals surface area contributed by atoms with Gasteiger partial charge in [-0.25, -0.2) is 14.0 Å². The highest BCUT2D eigenvalue weighted by Gasteiger charge is 2.58. The number of aliphatic hydroxyl groups excluding tert-OH is 1. The van der Waals surface area contributed by atoms with Crippen LogP contribution in [0.15, 0.2) is 60.7 Å². The molecule has 1 heterocycles. The third kappa shape index (κ3) is 6.13. The lowest BCUT2D eigenvalue weighted by molar-refractivity contribution is -0.125. The largest absolute Gasteiger partial charge is 0.465 e. The number of carbonyl (C=O) groups excluding carboxylic acids is 3. The number of aryl methyl sites for hydroxylation is 2. The molecule has 43 heavy (non-hydrogen) atoms. The molecule has 3 aromatic rings. The first-order chi connectivity index (χ1) is 20.4. The van der Waals surface area contributed by atoms with Crippen LogP contribution in [0.5, 0.6) is 0 Å². The molecule has 8 nitrogen and oxygen atoms in total. The van der Waals surface area contributed by atoms with E-state index in [-0.39, 0.29) is 37.6 Å². The number of carbonyl (C=O) groups is 3. The van der Waals surface area contributed by atoms with E-state index in [0.717, 1.165) is 11.1 Å². The van der Waals surface area contributed by atoms with E-state index in [1.165, 1.54) is 12.0 Å². The molecule has 9 heteroatoms. The molecule has 1 aliphatic heterocycles. The molecule has 0 aliphatic carbocycles. The number of urea groups is 1. The van der Waals surface area contributed by atoms with Gasteiger partial charge in [0.2, 0.25) is 5.91 Å². The summed E-state index contributed by atoms with van der Waals surface area (Å²) in [5.74, 6) is -1.31. The Hall–Kier alpha value is -4.24. The summed E-state index contributed by atoms with van der Waals surface area (Å²) in [6.07, 6.45) is 0.148. The number of aliphatic hydroxyl groups is 1. The fraction of sp³-hybridized carbons (Fsp3) is 0.382. The zero-order valence-electron chi connectivity index (χ0n) is 25.6. The van der Waals surface area contributed by atoms with Gasteiger partial charge in [0.1, 0.15) is 11.2 Å². The molecular formula is C34H40FN3O5. The molecule has 3 amide bonds. The summed E-state index contributed by atoms with van der Waals surface area (Å²) in [5.41, 5.74) is 1.78. The van der Waals surface area contributed by atoms with Crippen molar-refractivity contribution < 1.29 is 28.6 Å². The molecule has 4 rings (SSSR count). The maximum atomic E-state index is 16.1. The number of fused-ring (bicyclic) bond motifs is 1. The summed E-state index contributed by atoms with van der Waals surface area (Å²) in [7, 11) is 1.31. The number of methoxy groups -OCH3 is 1. The molecule has 2 atom stereocenters. The lowest BCUT2D eigenvalue weighted by Gasteiger charge is -2.46. The Morgan fingerprint density at radius 3 is 2.44 bits per heavy atom. The van der Waals surface area contributed by atoms with Crippen molar-refractivity contribution >= 4 is 23.6 Å². The van der Waals surface area contributed by atoms with E-state index in [1.54, 1.807) is 56.3 Å². The third-order valence-corrected chi connectivity index (χ3v) is 8.21. The van der Waals surface area contributed by atoms with E-state index >= 15 is 4.39 Å². The lowest BCUT2D eigenvalue weighted by Crippen LogP contribution is -2.54. The van der Waals surface area contributed by atoms with Crippen molar-refractivity contribution in [3.63, 3.8) is 0 Å². The molecule has 0 spiro atoms. The fourth-order valence-electron chi connectivity index (χ4n) is 6.04. The Labute approximate surface area is 252 Å². The SMILES string of the molecule is CCN(C(=O)NCc1ccc(C(=O)OC)cc1)C(c1cccc(C)c1F)[C@@]1(CC(C)(C)CO)C(=O)Nc2cc(C)ccc21. The van der Waals surface area contributed by atoms with Crippen LogP contribution in [0, 0.1) is 25.1 Å². The van der Waals surface area contributed by atoms with Crippen LogP contribution in [-0.2, 0) is 21.5 Å².